The number of nitrogens with one attached hydrogen (secondary N) is 1. The quantitative estimate of drug-likeness (QED) is 0.753. The van der Waals surface area contributed by atoms with Gasteiger partial charge in [-0.3, -0.25) is 9.59 Å². The Morgan fingerprint density at radius 2 is 2.04 bits per heavy atom. The van der Waals surface area contributed by atoms with Gasteiger partial charge in [-0.05, 0) is 24.6 Å². The van der Waals surface area contributed by atoms with E-state index in [0.717, 1.165) is 11.3 Å². The predicted octanol–water partition coefficient (Wildman–Crippen LogP) is 2.58. The lowest BCUT2D eigenvalue weighted by atomic mass is 10.1. The third kappa shape index (κ3) is 3.80. The van der Waals surface area contributed by atoms with Crippen LogP contribution in [0.25, 0.3) is 0 Å². The van der Waals surface area contributed by atoms with Gasteiger partial charge in [0, 0.05) is 18.2 Å². The lowest BCUT2D eigenvalue weighted by Gasteiger charge is -2.04. The molecule has 1 aliphatic heterocycles. The van der Waals surface area contributed by atoms with Crippen molar-refractivity contribution in [2.24, 2.45) is 4.99 Å². The van der Waals surface area contributed by atoms with Crippen molar-refractivity contribution in [2.45, 2.75) is 13.3 Å². The first-order valence-electron chi connectivity index (χ1n) is 8.62. The Balaban J connectivity index is 1.50. The normalized spacial score (nSPS) is 14.8. The summed E-state index contributed by atoms with van der Waals surface area (Å²) >= 11 is 0. The molecule has 8 nitrogen and oxygen atoms in total. The molecule has 2 amide bonds. The van der Waals surface area contributed by atoms with Crippen molar-refractivity contribution >= 4 is 23.2 Å². The van der Waals surface area contributed by atoms with Gasteiger partial charge in [0.05, 0.1) is 0 Å². The number of anilines is 1. The van der Waals surface area contributed by atoms with E-state index in [1.54, 1.807) is 12.1 Å². The Labute approximate surface area is 160 Å². The molecule has 28 heavy (non-hydrogen) atoms. The number of nitrogens with zero attached hydrogens (tertiary/aromatic N) is 3. The summed E-state index contributed by atoms with van der Waals surface area (Å²) in [5, 5.41) is 6.40. The van der Waals surface area contributed by atoms with Gasteiger partial charge in [-0.2, -0.15) is 0 Å². The fourth-order valence-electron chi connectivity index (χ4n) is 2.69. The molecular formula is C20H16N4O4. The van der Waals surface area contributed by atoms with Crippen LogP contribution in [-0.2, 0) is 11.2 Å². The monoisotopic (exact) mass is 376 g/mol. The summed E-state index contributed by atoms with van der Waals surface area (Å²) in [6.07, 6.45) is 0.502. The number of ether oxygens (including phenoxy) is 1. The van der Waals surface area contributed by atoms with Crippen LogP contribution in [0, 0.1) is 6.92 Å². The van der Waals surface area contributed by atoms with Crippen LogP contribution in [0.15, 0.2) is 58.0 Å². The Morgan fingerprint density at radius 1 is 1.21 bits per heavy atom. The molecule has 0 spiro atoms. The third-order valence-corrected chi connectivity index (χ3v) is 4.09. The van der Waals surface area contributed by atoms with Crippen molar-refractivity contribution in [3.8, 4) is 5.88 Å². The number of benzene rings is 1. The van der Waals surface area contributed by atoms with Crippen LogP contribution in [0.3, 0.4) is 0 Å². The summed E-state index contributed by atoms with van der Waals surface area (Å²) in [7, 11) is 0. The van der Waals surface area contributed by atoms with Crippen molar-refractivity contribution in [2.75, 3.05) is 11.9 Å². The minimum Gasteiger partial charge on any atom is -0.469 e. The molecule has 140 valence electrons. The summed E-state index contributed by atoms with van der Waals surface area (Å²) in [4.78, 5) is 32.8. The number of rotatable bonds is 3. The molecule has 0 atom stereocenters. The number of aromatic nitrogens is 2. The summed E-state index contributed by atoms with van der Waals surface area (Å²) in [5.74, 6) is -0.376. The van der Waals surface area contributed by atoms with Crippen LogP contribution < -0.4 is 10.1 Å². The SMILES string of the molecule is Cc1ccc2c(n1)OCC(=NC(=O)c1cc(Cc3ccccc3)on1)C(=O)N2. The second-order valence-electron chi connectivity index (χ2n) is 6.25. The summed E-state index contributed by atoms with van der Waals surface area (Å²) < 4.78 is 10.7. The van der Waals surface area contributed by atoms with Crippen LogP contribution in [0.2, 0.25) is 0 Å². The molecule has 0 unspecified atom stereocenters. The molecule has 3 aromatic rings. The van der Waals surface area contributed by atoms with E-state index in [2.05, 4.69) is 20.4 Å². The van der Waals surface area contributed by atoms with E-state index >= 15 is 0 Å². The van der Waals surface area contributed by atoms with Crippen molar-refractivity contribution in [1.82, 2.24) is 10.1 Å². The van der Waals surface area contributed by atoms with E-state index in [4.69, 9.17) is 9.26 Å². The third-order valence-electron chi connectivity index (χ3n) is 4.09. The topological polar surface area (TPSA) is 107 Å². The second kappa shape index (κ2) is 7.43. The first-order chi connectivity index (χ1) is 13.6. The van der Waals surface area contributed by atoms with Gasteiger partial charge in [-0.25, -0.2) is 9.98 Å². The number of aryl methyl sites for hydroxylation is 1. The zero-order valence-corrected chi connectivity index (χ0v) is 15.0. The van der Waals surface area contributed by atoms with E-state index in [9.17, 15) is 9.59 Å². The van der Waals surface area contributed by atoms with Gasteiger partial charge in [-0.1, -0.05) is 35.5 Å². The summed E-state index contributed by atoms with van der Waals surface area (Å²) in [5.41, 5.74) is 2.18. The highest BCUT2D eigenvalue weighted by Crippen LogP contribution is 2.24. The first kappa shape index (κ1) is 17.6. The maximum Gasteiger partial charge on any atom is 0.299 e. The molecule has 1 aromatic carbocycles. The molecule has 4 rings (SSSR count). The van der Waals surface area contributed by atoms with Gasteiger partial charge >= 0.3 is 0 Å². The molecule has 0 bridgehead atoms. The fraction of sp³-hybridized carbons (Fsp3) is 0.150. The smallest absolute Gasteiger partial charge is 0.299 e. The van der Waals surface area contributed by atoms with Crippen molar-refractivity contribution in [3.63, 3.8) is 0 Å². The zero-order valence-electron chi connectivity index (χ0n) is 15.0. The van der Waals surface area contributed by atoms with Gasteiger partial charge in [0.1, 0.15) is 23.8 Å². The van der Waals surface area contributed by atoms with E-state index in [0.29, 0.717) is 17.9 Å². The maximum absolute atomic E-state index is 12.4. The molecule has 3 heterocycles. The molecule has 0 aliphatic carbocycles. The zero-order chi connectivity index (χ0) is 19.5. The average Bonchev–Trinajstić information content (AvgIpc) is 3.10. The van der Waals surface area contributed by atoms with Crippen LogP contribution in [-0.4, -0.2) is 34.3 Å². The van der Waals surface area contributed by atoms with Gasteiger partial charge in [0.25, 0.3) is 11.8 Å². The van der Waals surface area contributed by atoms with E-state index in [1.165, 1.54) is 6.07 Å². The second-order valence-corrected chi connectivity index (χ2v) is 6.25. The summed E-state index contributed by atoms with van der Waals surface area (Å²) in [6.45, 7) is 1.64. The van der Waals surface area contributed by atoms with Crippen LogP contribution >= 0.6 is 0 Å². The Hall–Kier alpha value is -3.81. The van der Waals surface area contributed by atoms with Crippen molar-refractivity contribution in [1.29, 1.82) is 0 Å². The van der Waals surface area contributed by atoms with Crippen molar-refractivity contribution < 1.29 is 18.8 Å². The molecule has 1 aliphatic rings. The maximum atomic E-state index is 12.4. The molecule has 0 fully saturated rings. The number of carbonyl (C=O) groups is 2. The largest absolute Gasteiger partial charge is 0.469 e. The van der Waals surface area contributed by atoms with E-state index in [1.807, 2.05) is 37.3 Å². The number of carbonyl (C=O) groups excluding carboxylic acids is 2. The lowest BCUT2D eigenvalue weighted by molar-refractivity contribution is -0.110. The average molecular weight is 376 g/mol. The summed E-state index contributed by atoms with van der Waals surface area (Å²) in [6, 6.07) is 14.6. The highest BCUT2D eigenvalue weighted by atomic mass is 16.5. The molecule has 2 aromatic heterocycles. The highest BCUT2D eigenvalue weighted by Gasteiger charge is 2.23. The van der Waals surface area contributed by atoms with E-state index in [-0.39, 0.29) is 23.9 Å². The van der Waals surface area contributed by atoms with E-state index < -0.39 is 11.8 Å². The predicted molar refractivity (Wildman–Crippen MR) is 101 cm³/mol. The number of pyridine rings is 1. The van der Waals surface area contributed by atoms with Crippen LogP contribution in [0.1, 0.15) is 27.5 Å². The fourth-order valence-corrected chi connectivity index (χ4v) is 2.69. The molecule has 0 saturated heterocycles. The first-order valence-corrected chi connectivity index (χ1v) is 8.62. The minimum atomic E-state index is -0.674. The highest BCUT2D eigenvalue weighted by molar-refractivity contribution is 6.45. The number of hydrogen-bond donors (Lipinski definition) is 1. The van der Waals surface area contributed by atoms with Crippen LogP contribution in [0.5, 0.6) is 5.88 Å². The number of aliphatic imine (C=N–C) groups is 1. The minimum absolute atomic E-state index is 0.0296. The Morgan fingerprint density at radius 3 is 2.86 bits per heavy atom. The number of hydrogen-bond acceptors (Lipinski definition) is 6. The Kier molecular flexibility index (Phi) is 4.67. The number of fused-ring (bicyclic) bond motifs is 1. The molecule has 8 heteroatoms. The van der Waals surface area contributed by atoms with Crippen LogP contribution in [0.4, 0.5) is 5.69 Å². The lowest BCUT2D eigenvalue weighted by Crippen LogP contribution is -2.26. The van der Waals surface area contributed by atoms with Crippen molar-refractivity contribution in [3.05, 3.63) is 71.2 Å². The molecular weight excluding hydrogens is 360 g/mol. The van der Waals surface area contributed by atoms with Gasteiger partial charge in [0.15, 0.2) is 5.69 Å². The van der Waals surface area contributed by atoms with Gasteiger partial charge in [0.2, 0.25) is 5.88 Å². The van der Waals surface area contributed by atoms with Gasteiger partial charge in [-0.15, -0.1) is 0 Å². The van der Waals surface area contributed by atoms with Gasteiger partial charge < -0.3 is 14.6 Å². The number of amides is 2. The molecule has 0 saturated carbocycles. The molecule has 0 radical (unpaired) electrons. The molecule has 1 N–H and O–H groups in total. The standard InChI is InChI=1S/C20H16N4O4/c1-12-7-8-15-20(21-12)27-11-17(19(26)22-15)23-18(25)16-10-14(28-24-16)9-13-5-3-2-4-6-13/h2-8,10H,9,11H2,1H3,(H,22,26). The Bertz CT molecular complexity index is 1070.